The topological polar surface area (TPSA) is 37.4 Å². The van der Waals surface area contributed by atoms with E-state index < -0.39 is 0 Å². The molecule has 1 fully saturated rings. The molecule has 122 valence electrons. The largest absolute Gasteiger partial charge is 0.293 e. The lowest BCUT2D eigenvalue weighted by molar-refractivity contribution is -0.123. The van der Waals surface area contributed by atoms with Crippen LogP contribution < -0.4 is 0 Å². The molecule has 2 aromatic rings. The van der Waals surface area contributed by atoms with Gasteiger partial charge in [0, 0.05) is 0 Å². The fourth-order valence-electron chi connectivity index (χ4n) is 2.38. The summed E-state index contributed by atoms with van der Waals surface area (Å²) in [6, 6.07) is 12.8. The van der Waals surface area contributed by atoms with Crippen LogP contribution in [0.4, 0.5) is 4.79 Å². The third-order valence-corrected chi connectivity index (χ3v) is 5.18. The van der Waals surface area contributed by atoms with Crippen molar-refractivity contribution < 1.29 is 9.59 Å². The Bertz CT molecular complexity index is 864. The minimum Gasteiger partial charge on any atom is -0.268 e. The van der Waals surface area contributed by atoms with Crippen molar-refractivity contribution in [3.63, 3.8) is 0 Å². The number of hydrogen-bond acceptors (Lipinski definition) is 3. The Labute approximate surface area is 154 Å². The van der Waals surface area contributed by atoms with Gasteiger partial charge in [-0.2, -0.15) is 0 Å². The molecule has 1 saturated heterocycles. The molecular weight excluding hydrogens is 365 g/mol. The van der Waals surface area contributed by atoms with Gasteiger partial charge >= 0.3 is 0 Å². The van der Waals surface area contributed by atoms with Crippen molar-refractivity contribution in [3.05, 3.63) is 74.1 Å². The first-order valence-electron chi connectivity index (χ1n) is 7.20. The van der Waals surface area contributed by atoms with Crippen LogP contribution in [0.1, 0.15) is 16.7 Å². The predicted molar refractivity (Wildman–Crippen MR) is 99.2 cm³/mol. The second-order valence-corrected chi connectivity index (χ2v) is 7.24. The number of carbonyl (C=O) groups excluding carboxylic acids is 2. The van der Waals surface area contributed by atoms with Crippen molar-refractivity contribution in [1.82, 2.24) is 4.90 Å². The molecule has 1 heterocycles. The van der Waals surface area contributed by atoms with Crippen molar-refractivity contribution >= 4 is 52.2 Å². The summed E-state index contributed by atoms with van der Waals surface area (Å²) in [7, 11) is 0. The summed E-state index contributed by atoms with van der Waals surface area (Å²) in [6.07, 6.45) is 1.66. The fourth-order valence-corrected chi connectivity index (χ4v) is 3.53. The van der Waals surface area contributed by atoms with Crippen LogP contribution in [0.3, 0.4) is 0 Å². The monoisotopic (exact) mass is 377 g/mol. The number of aryl methyl sites for hydroxylation is 1. The highest BCUT2D eigenvalue weighted by Crippen LogP contribution is 2.34. The highest BCUT2D eigenvalue weighted by Gasteiger charge is 2.34. The maximum absolute atomic E-state index is 12.5. The number of imide groups is 1. The number of amides is 2. The Morgan fingerprint density at radius 1 is 1.08 bits per heavy atom. The molecule has 6 heteroatoms. The lowest BCUT2D eigenvalue weighted by Gasteiger charge is -2.12. The molecule has 0 N–H and O–H groups in total. The molecule has 3 rings (SSSR count). The van der Waals surface area contributed by atoms with Crippen LogP contribution in [-0.2, 0) is 11.3 Å². The van der Waals surface area contributed by atoms with E-state index in [0.717, 1.165) is 28.5 Å². The van der Waals surface area contributed by atoms with Gasteiger partial charge in [0.1, 0.15) is 0 Å². The second kappa shape index (κ2) is 7.01. The molecule has 0 spiro atoms. The second-order valence-electron chi connectivity index (χ2n) is 5.43. The van der Waals surface area contributed by atoms with Crippen LogP contribution in [0, 0.1) is 6.92 Å². The van der Waals surface area contributed by atoms with E-state index in [-0.39, 0.29) is 17.7 Å². The number of benzene rings is 2. The molecule has 2 amide bonds. The first-order valence-corrected chi connectivity index (χ1v) is 8.77. The Kier molecular flexibility index (Phi) is 4.99. The zero-order chi connectivity index (χ0) is 17.3. The number of rotatable bonds is 3. The van der Waals surface area contributed by atoms with Crippen LogP contribution in [0.5, 0.6) is 0 Å². The van der Waals surface area contributed by atoms with Crippen LogP contribution in [0.2, 0.25) is 10.0 Å². The summed E-state index contributed by atoms with van der Waals surface area (Å²) in [5, 5.41) is 0.582. The molecule has 0 atom stereocenters. The molecular formula is C18H13Cl2NO2S. The third kappa shape index (κ3) is 3.66. The summed E-state index contributed by atoms with van der Waals surface area (Å²) in [5.41, 5.74) is 2.74. The summed E-state index contributed by atoms with van der Waals surface area (Å²) in [6.45, 7) is 2.24. The highest BCUT2D eigenvalue weighted by atomic mass is 35.5. The number of hydrogen-bond donors (Lipinski definition) is 0. The van der Waals surface area contributed by atoms with Crippen LogP contribution in [0.15, 0.2) is 47.4 Å². The number of halogens is 2. The Morgan fingerprint density at radius 3 is 2.58 bits per heavy atom. The van der Waals surface area contributed by atoms with Crippen LogP contribution >= 0.6 is 35.0 Å². The zero-order valence-corrected chi connectivity index (χ0v) is 15.1. The van der Waals surface area contributed by atoms with Crippen LogP contribution in [0.25, 0.3) is 6.08 Å². The third-order valence-electron chi connectivity index (χ3n) is 3.54. The molecule has 0 aromatic heterocycles. The van der Waals surface area contributed by atoms with Gasteiger partial charge < -0.3 is 0 Å². The predicted octanol–water partition coefficient (Wildman–Crippen LogP) is 5.54. The fraction of sp³-hybridized carbons (Fsp3) is 0.111. The smallest absolute Gasteiger partial charge is 0.268 e. The van der Waals surface area contributed by atoms with Crippen LogP contribution in [-0.4, -0.2) is 16.0 Å². The molecule has 0 aliphatic carbocycles. The highest BCUT2D eigenvalue weighted by molar-refractivity contribution is 8.18. The average molecular weight is 378 g/mol. The van der Waals surface area contributed by atoms with Crippen molar-refractivity contribution in [2.24, 2.45) is 0 Å². The van der Waals surface area contributed by atoms with Gasteiger partial charge in [-0.25, -0.2) is 0 Å². The van der Waals surface area contributed by atoms with Crippen molar-refractivity contribution in [1.29, 1.82) is 0 Å². The van der Waals surface area contributed by atoms with E-state index in [0.29, 0.717) is 15.0 Å². The minimum atomic E-state index is -0.294. The Balaban J connectivity index is 1.83. The van der Waals surface area contributed by atoms with Gasteiger partial charge in [0.2, 0.25) is 0 Å². The molecule has 2 aromatic carbocycles. The van der Waals surface area contributed by atoms with E-state index in [2.05, 4.69) is 0 Å². The van der Waals surface area contributed by atoms with Gasteiger partial charge in [-0.1, -0.05) is 59.1 Å². The Hall–Kier alpha value is -1.75. The molecule has 0 unspecified atom stereocenters. The van der Waals surface area contributed by atoms with Gasteiger partial charge in [-0.3, -0.25) is 14.5 Å². The zero-order valence-electron chi connectivity index (χ0n) is 12.8. The van der Waals surface area contributed by atoms with E-state index >= 15 is 0 Å². The standard InChI is InChI=1S/C18H13Cl2NO2S/c1-11-3-2-4-13(7-11)10-21-17(22)16(24-18(21)23)9-12-5-6-14(19)15(20)8-12/h2-9H,10H2,1H3/b16-9-. The minimum absolute atomic E-state index is 0.269. The normalized spacial score (nSPS) is 16.3. The molecule has 1 aliphatic rings. The average Bonchev–Trinajstić information content (AvgIpc) is 2.79. The summed E-state index contributed by atoms with van der Waals surface area (Å²) in [5.74, 6) is -0.294. The summed E-state index contributed by atoms with van der Waals surface area (Å²) < 4.78 is 0. The van der Waals surface area contributed by atoms with E-state index in [4.69, 9.17) is 23.2 Å². The van der Waals surface area contributed by atoms with Crippen molar-refractivity contribution in [3.8, 4) is 0 Å². The molecule has 0 saturated carbocycles. The number of nitrogens with zero attached hydrogens (tertiary/aromatic N) is 1. The molecule has 0 bridgehead atoms. The first-order chi connectivity index (χ1) is 11.4. The van der Waals surface area contributed by atoms with Gasteiger partial charge in [0.25, 0.3) is 11.1 Å². The Morgan fingerprint density at radius 2 is 1.88 bits per heavy atom. The molecule has 1 aliphatic heterocycles. The number of thioether (sulfide) groups is 1. The van der Waals surface area contributed by atoms with E-state index in [1.165, 1.54) is 4.90 Å². The van der Waals surface area contributed by atoms with E-state index in [1.54, 1.807) is 24.3 Å². The summed E-state index contributed by atoms with van der Waals surface area (Å²) >= 11 is 12.8. The van der Waals surface area contributed by atoms with Gasteiger partial charge in [-0.05, 0) is 48.0 Å². The van der Waals surface area contributed by atoms with Crippen molar-refractivity contribution in [2.75, 3.05) is 0 Å². The maximum atomic E-state index is 12.5. The van der Waals surface area contributed by atoms with Gasteiger partial charge in [0.05, 0.1) is 21.5 Å². The summed E-state index contributed by atoms with van der Waals surface area (Å²) in [4.78, 5) is 26.3. The number of carbonyl (C=O) groups is 2. The van der Waals surface area contributed by atoms with Gasteiger partial charge in [-0.15, -0.1) is 0 Å². The van der Waals surface area contributed by atoms with E-state index in [9.17, 15) is 9.59 Å². The van der Waals surface area contributed by atoms with Gasteiger partial charge in [0.15, 0.2) is 0 Å². The first kappa shape index (κ1) is 17.1. The molecule has 0 radical (unpaired) electrons. The molecule has 24 heavy (non-hydrogen) atoms. The quantitative estimate of drug-likeness (QED) is 0.659. The maximum Gasteiger partial charge on any atom is 0.293 e. The van der Waals surface area contributed by atoms with Crippen molar-refractivity contribution in [2.45, 2.75) is 13.5 Å². The molecule has 3 nitrogen and oxygen atoms in total. The lowest BCUT2D eigenvalue weighted by atomic mass is 10.1. The lowest BCUT2D eigenvalue weighted by Crippen LogP contribution is -2.27. The SMILES string of the molecule is Cc1cccc(CN2C(=O)S/C(=C\c3ccc(Cl)c(Cl)c3)C2=O)c1. The van der Waals surface area contributed by atoms with E-state index in [1.807, 2.05) is 31.2 Å².